The van der Waals surface area contributed by atoms with Crippen molar-refractivity contribution in [2.75, 3.05) is 0 Å². The van der Waals surface area contributed by atoms with E-state index in [1.54, 1.807) is 0 Å². The van der Waals surface area contributed by atoms with Gasteiger partial charge in [0, 0.05) is 6.07 Å². The molecule has 0 aliphatic carbocycles. The number of hydrogen-bond donors (Lipinski definition) is 1. The summed E-state index contributed by atoms with van der Waals surface area (Å²) in [7, 11) is 0. The first-order valence-electron chi connectivity index (χ1n) is 5.28. The minimum absolute atomic E-state index is 0.0285. The largest absolute Gasteiger partial charge is 0.477 e. The van der Waals surface area contributed by atoms with E-state index in [1.807, 2.05) is 0 Å². The van der Waals surface area contributed by atoms with Crippen molar-refractivity contribution in [1.82, 2.24) is 4.98 Å². The first-order valence-corrected chi connectivity index (χ1v) is 5.28. The maximum absolute atomic E-state index is 12.9. The lowest BCUT2D eigenvalue weighted by atomic mass is 10.2. The Bertz CT molecular complexity index is 689. The van der Waals surface area contributed by atoms with Crippen LogP contribution in [0.4, 0.5) is 10.1 Å². The van der Waals surface area contributed by atoms with Crippen LogP contribution in [-0.4, -0.2) is 21.0 Å². The predicted molar refractivity (Wildman–Crippen MR) is 64.3 cm³/mol. The summed E-state index contributed by atoms with van der Waals surface area (Å²) in [6.45, 7) is 0. The number of benzene rings is 1. The maximum Gasteiger partial charge on any atom is 0.341 e. The van der Waals surface area contributed by atoms with Gasteiger partial charge in [0.15, 0.2) is 0 Å². The molecule has 1 aromatic carbocycles. The lowest BCUT2D eigenvalue weighted by Crippen LogP contribution is -2.03. The quantitative estimate of drug-likeness (QED) is 0.681. The summed E-state index contributed by atoms with van der Waals surface area (Å²) in [6.07, 6.45) is 0.791. The molecule has 0 aliphatic heterocycles. The van der Waals surface area contributed by atoms with Crippen molar-refractivity contribution >= 4 is 11.7 Å². The Morgan fingerprint density at radius 2 is 2.15 bits per heavy atom. The smallest absolute Gasteiger partial charge is 0.341 e. The summed E-state index contributed by atoms with van der Waals surface area (Å²) >= 11 is 0. The minimum atomic E-state index is -1.42. The zero-order chi connectivity index (χ0) is 14.7. The van der Waals surface area contributed by atoms with Gasteiger partial charge >= 0.3 is 5.97 Å². The van der Waals surface area contributed by atoms with Gasteiger partial charge < -0.3 is 9.84 Å². The molecule has 1 heterocycles. The Hall–Kier alpha value is -3.03. The molecule has 0 aliphatic rings. The van der Waals surface area contributed by atoms with E-state index in [0.29, 0.717) is 0 Å². The number of aromatic carboxylic acids is 1. The van der Waals surface area contributed by atoms with Crippen molar-refractivity contribution in [2.45, 2.75) is 0 Å². The highest BCUT2D eigenvalue weighted by Gasteiger charge is 2.16. The molecule has 0 bridgehead atoms. The van der Waals surface area contributed by atoms with Crippen LogP contribution in [0.25, 0.3) is 0 Å². The van der Waals surface area contributed by atoms with Gasteiger partial charge in [0.2, 0.25) is 5.88 Å². The van der Waals surface area contributed by atoms with Gasteiger partial charge in [0.05, 0.1) is 17.2 Å². The number of carboxylic acids is 1. The van der Waals surface area contributed by atoms with E-state index in [0.717, 1.165) is 18.3 Å². The molecule has 0 unspecified atom stereocenters. The summed E-state index contributed by atoms with van der Waals surface area (Å²) in [5, 5.41) is 19.5. The number of carboxylic acid groups (broad SMARTS) is 1. The molecule has 0 atom stereocenters. The summed E-state index contributed by atoms with van der Waals surface area (Å²) in [5.41, 5.74) is -0.696. The molecular weight excluding hydrogens is 271 g/mol. The molecule has 8 heteroatoms. The number of carbonyl (C=O) groups is 1. The Morgan fingerprint density at radius 3 is 2.80 bits per heavy atom. The van der Waals surface area contributed by atoms with Gasteiger partial charge in [0.1, 0.15) is 17.1 Å². The van der Waals surface area contributed by atoms with Crippen molar-refractivity contribution < 1.29 is 24.0 Å². The van der Waals surface area contributed by atoms with Crippen molar-refractivity contribution in [3.8, 4) is 11.6 Å². The van der Waals surface area contributed by atoms with E-state index in [4.69, 9.17) is 9.84 Å². The number of halogens is 1. The van der Waals surface area contributed by atoms with Crippen LogP contribution in [-0.2, 0) is 0 Å². The number of hydrogen-bond acceptors (Lipinski definition) is 5. The second kappa shape index (κ2) is 5.31. The van der Waals surface area contributed by atoms with E-state index in [2.05, 4.69) is 4.98 Å². The van der Waals surface area contributed by atoms with Crippen LogP contribution in [0.15, 0.2) is 36.5 Å². The Morgan fingerprint density at radius 1 is 1.40 bits per heavy atom. The second-order valence-corrected chi connectivity index (χ2v) is 3.67. The number of non-ortho nitro benzene ring substituents is 1. The highest BCUT2D eigenvalue weighted by atomic mass is 19.1. The molecule has 102 valence electrons. The molecular formula is C12H7FN2O5. The maximum atomic E-state index is 12.9. The van der Waals surface area contributed by atoms with Crippen molar-refractivity contribution in [3.05, 3.63) is 58.0 Å². The molecule has 0 fully saturated rings. The number of nitro groups is 1. The molecule has 7 nitrogen and oxygen atoms in total. The first kappa shape index (κ1) is 13.4. The van der Waals surface area contributed by atoms with E-state index >= 15 is 0 Å². The van der Waals surface area contributed by atoms with Crippen molar-refractivity contribution in [2.24, 2.45) is 0 Å². The average molecular weight is 278 g/mol. The summed E-state index contributed by atoms with van der Waals surface area (Å²) in [6, 6.07) is 5.88. The molecule has 20 heavy (non-hydrogen) atoms. The normalized spacial score (nSPS) is 10.1. The zero-order valence-electron chi connectivity index (χ0n) is 9.82. The van der Waals surface area contributed by atoms with Gasteiger partial charge in [-0.15, -0.1) is 0 Å². The van der Waals surface area contributed by atoms with Crippen LogP contribution >= 0.6 is 0 Å². The van der Waals surface area contributed by atoms with Crippen LogP contribution in [0.2, 0.25) is 0 Å². The molecule has 2 aromatic rings. The summed E-state index contributed by atoms with van der Waals surface area (Å²) in [5.74, 6) is -2.56. The molecule has 0 saturated heterocycles. The van der Waals surface area contributed by atoms with Gasteiger partial charge in [-0.25, -0.2) is 14.2 Å². The van der Waals surface area contributed by atoms with Gasteiger partial charge in [-0.3, -0.25) is 10.1 Å². The monoisotopic (exact) mass is 278 g/mol. The van der Waals surface area contributed by atoms with Crippen LogP contribution in [0.3, 0.4) is 0 Å². The highest BCUT2D eigenvalue weighted by Crippen LogP contribution is 2.26. The fourth-order valence-corrected chi connectivity index (χ4v) is 1.43. The van der Waals surface area contributed by atoms with Crippen molar-refractivity contribution in [1.29, 1.82) is 0 Å². The summed E-state index contributed by atoms with van der Waals surface area (Å²) in [4.78, 5) is 24.5. The molecule has 0 radical (unpaired) electrons. The zero-order valence-corrected chi connectivity index (χ0v) is 9.82. The van der Waals surface area contributed by atoms with Crippen LogP contribution in [0.5, 0.6) is 11.6 Å². The van der Waals surface area contributed by atoms with Gasteiger partial charge in [-0.05, 0) is 12.1 Å². The third kappa shape index (κ3) is 2.86. The van der Waals surface area contributed by atoms with Crippen LogP contribution in [0.1, 0.15) is 10.4 Å². The number of nitrogens with zero attached hydrogens (tertiary/aromatic N) is 2. The third-order valence-electron chi connectivity index (χ3n) is 2.29. The van der Waals surface area contributed by atoms with Gasteiger partial charge in [-0.2, -0.15) is 0 Å². The predicted octanol–water partition coefficient (Wildman–Crippen LogP) is 2.62. The average Bonchev–Trinajstić information content (AvgIpc) is 2.41. The molecule has 2 rings (SSSR count). The van der Waals surface area contributed by atoms with Gasteiger partial charge in [-0.1, -0.05) is 6.07 Å². The van der Waals surface area contributed by atoms with E-state index in [9.17, 15) is 19.3 Å². The molecule has 1 aromatic heterocycles. The molecule has 0 spiro atoms. The molecule has 0 saturated carbocycles. The highest BCUT2D eigenvalue weighted by molar-refractivity contribution is 5.90. The Labute approximate surface area is 111 Å². The van der Waals surface area contributed by atoms with Crippen molar-refractivity contribution in [3.63, 3.8) is 0 Å². The summed E-state index contributed by atoms with van der Waals surface area (Å²) < 4.78 is 18.1. The van der Waals surface area contributed by atoms with E-state index in [-0.39, 0.29) is 17.3 Å². The lowest BCUT2D eigenvalue weighted by Gasteiger charge is -2.07. The molecule has 0 amide bonds. The first-order chi connectivity index (χ1) is 9.47. The number of pyridine rings is 1. The fourth-order valence-electron chi connectivity index (χ4n) is 1.43. The number of rotatable bonds is 4. The molecule has 1 N–H and O–H groups in total. The number of aromatic nitrogens is 1. The lowest BCUT2D eigenvalue weighted by molar-refractivity contribution is -0.384. The SMILES string of the molecule is O=C(O)c1cc(F)cnc1Oc1cccc([N+](=O)[O-])c1. The minimum Gasteiger partial charge on any atom is -0.477 e. The van der Waals surface area contributed by atoms with E-state index in [1.165, 1.54) is 18.2 Å². The standard InChI is InChI=1S/C12H7FN2O5/c13-7-4-10(12(16)17)11(14-6-7)20-9-3-1-2-8(5-9)15(18)19/h1-6H,(H,16,17). The Kier molecular flexibility index (Phi) is 3.56. The second-order valence-electron chi connectivity index (χ2n) is 3.67. The topological polar surface area (TPSA) is 103 Å². The number of ether oxygens (including phenoxy) is 1. The van der Waals surface area contributed by atoms with Gasteiger partial charge in [0.25, 0.3) is 5.69 Å². The number of nitro benzene ring substituents is 1. The van der Waals surface area contributed by atoms with E-state index < -0.39 is 22.3 Å². The fraction of sp³-hybridized carbons (Fsp3) is 0. The van der Waals surface area contributed by atoms with Crippen LogP contribution in [0, 0.1) is 15.9 Å². The van der Waals surface area contributed by atoms with Crippen LogP contribution < -0.4 is 4.74 Å². The Balaban J connectivity index is 2.37. The third-order valence-corrected chi connectivity index (χ3v) is 2.29.